The quantitative estimate of drug-likeness (QED) is 0.167. The summed E-state index contributed by atoms with van der Waals surface area (Å²) in [6, 6.07) is 25.6. The molecule has 0 spiro atoms. The molecule has 0 bridgehead atoms. The first-order valence-corrected chi connectivity index (χ1v) is 16.9. The van der Waals surface area contributed by atoms with E-state index in [4.69, 9.17) is 26.1 Å². The number of carboxylic acid groups (broad SMARTS) is 1. The summed E-state index contributed by atoms with van der Waals surface area (Å²) >= 11 is 9.57. The van der Waals surface area contributed by atoms with Crippen LogP contribution >= 0.6 is 45.5 Å². The minimum atomic E-state index is -1.01. The molecule has 0 saturated carbocycles. The van der Waals surface area contributed by atoms with Crippen LogP contribution in [-0.2, 0) is 11.4 Å². The summed E-state index contributed by atoms with van der Waals surface area (Å²) in [7, 11) is 1.53. The number of methoxy groups -OCH3 is 1. The van der Waals surface area contributed by atoms with Crippen LogP contribution < -0.4 is 29.7 Å². The van der Waals surface area contributed by atoms with Gasteiger partial charge in [0, 0.05) is 10.7 Å². The molecule has 242 valence electrons. The van der Waals surface area contributed by atoms with E-state index >= 15 is 0 Å². The second-order valence-corrected chi connectivity index (χ2v) is 13.4. The number of nitrogens with zero attached hydrogens (tertiary/aromatic N) is 2. The molecule has 2 N–H and O–H groups in total. The Bertz CT molecular complexity index is 2270. The highest BCUT2D eigenvalue weighted by molar-refractivity contribution is 14.1. The lowest BCUT2D eigenvalue weighted by molar-refractivity contribution is -0.113. The molecule has 1 atom stereocenters. The van der Waals surface area contributed by atoms with Gasteiger partial charge in [-0.3, -0.25) is 14.2 Å². The summed E-state index contributed by atoms with van der Waals surface area (Å²) in [6.45, 7) is 1.90. The van der Waals surface area contributed by atoms with E-state index in [1.165, 1.54) is 24.5 Å². The molecule has 1 aliphatic rings. The smallest absolute Gasteiger partial charge is 0.335 e. The lowest BCUT2D eigenvalue weighted by Gasteiger charge is -2.25. The number of carbonyl (C=O) groups is 2. The number of anilines is 1. The zero-order chi connectivity index (χ0) is 33.9. The van der Waals surface area contributed by atoms with Crippen molar-refractivity contribution >= 4 is 69.2 Å². The molecule has 2 heterocycles. The van der Waals surface area contributed by atoms with Crippen LogP contribution in [-0.4, -0.2) is 28.7 Å². The van der Waals surface area contributed by atoms with Gasteiger partial charge in [0.25, 0.3) is 11.5 Å². The van der Waals surface area contributed by atoms with Gasteiger partial charge in [-0.2, -0.15) is 0 Å². The van der Waals surface area contributed by atoms with Gasteiger partial charge in [0.05, 0.1) is 38.1 Å². The first-order valence-electron chi connectivity index (χ1n) is 14.6. The Kier molecular flexibility index (Phi) is 9.81. The summed E-state index contributed by atoms with van der Waals surface area (Å²) in [5.41, 5.74) is 3.46. The number of para-hydroxylation sites is 1. The molecule has 1 amide bonds. The molecule has 48 heavy (non-hydrogen) atoms. The summed E-state index contributed by atoms with van der Waals surface area (Å²) in [5.74, 6) is -0.434. The van der Waals surface area contributed by atoms with Gasteiger partial charge in [0.2, 0.25) is 0 Å². The fourth-order valence-corrected chi connectivity index (χ4v) is 7.31. The van der Waals surface area contributed by atoms with Crippen molar-refractivity contribution in [2.24, 2.45) is 4.99 Å². The predicted molar refractivity (Wildman–Crippen MR) is 194 cm³/mol. The molecule has 0 unspecified atom stereocenters. The van der Waals surface area contributed by atoms with Gasteiger partial charge >= 0.3 is 5.97 Å². The molecule has 12 heteroatoms. The van der Waals surface area contributed by atoms with Gasteiger partial charge in [-0.25, -0.2) is 9.79 Å². The number of hydrogen-bond donors (Lipinski definition) is 2. The molecule has 1 aliphatic heterocycles. The van der Waals surface area contributed by atoms with Crippen molar-refractivity contribution in [1.29, 1.82) is 0 Å². The maximum absolute atomic E-state index is 14.1. The predicted octanol–water partition coefficient (Wildman–Crippen LogP) is 6.42. The van der Waals surface area contributed by atoms with Gasteiger partial charge in [0.15, 0.2) is 16.3 Å². The third kappa shape index (κ3) is 6.93. The van der Waals surface area contributed by atoms with Crippen molar-refractivity contribution in [3.63, 3.8) is 0 Å². The molecule has 0 aliphatic carbocycles. The number of aromatic nitrogens is 1. The highest BCUT2D eigenvalue weighted by Crippen LogP contribution is 2.35. The number of aromatic carboxylic acids is 1. The van der Waals surface area contributed by atoms with Crippen molar-refractivity contribution in [3.8, 4) is 11.5 Å². The van der Waals surface area contributed by atoms with Crippen LogP contribution in [0.25, 0.3) is 6.08 Å². The van der Waals surface area contributed by atoms with Crippen LogP contribution in [0.4, 0.5) is 5.69 Å². The Morgan fingerprint density at radius 1 is 1.06 bits per heavy atom. The molecule has 0 fully saturated rings. The van der Waals surface area contributed by atoms with Crippen LogP contribution in [0.15, 0.2) is 112 Å². The van der Waals surface area contributed by atoms with E-state index in [0.29, 0.717) is 59.5 Å². The number of rotatable bonds is 9. The summed E-state index contributed by atoms with van der Waals surface area (Å²) < 4.78 is 14.4. The number of amides is 1. The number of nitrogens with one attached hydrogen (secondary N) is 1. The molecule has 4 aromatic carbocycles. The van der Waals surface area contributed by atoms with Crippen molar-refractivity contribution in [2.45, 2.75) is 19.6 Å². The zero-order valence-electron chi connectivity index (χ0n) is 25.6. The number of hydrogen-bond acceptors (Lipinski definition) is 7. The number of fused-ring (bicyclic) bond motifs is 1. The van der Waals surface area contributed by atoms with E-state index in [-0.39, 0.29) is 23.6 Å². The summed E-state index contributed by atoms with van der Waals surface area (Å²) in [6.07, 6.45) is 1.76. The van der Waals surface area contributed by atoms with Gasteiger partial charge in [-0.05, 0) is 101 Å². The van der Waals surface area contributed by atoms with E-state index in [1.54, 1.807) is 66.1 Å². The largest absolute Gasteiger partial charge is 0.493 e. The number of carboxylic acids is 1. The van der Waals surface area contributed by atoms with E-state index in [0.717, 1.165) is 3.57 Å². The van der Waals surface area contributed by atoms with E-state index < -0.39 is 12.0 Å². The fraction of sp³-hybridized carbons (Fsp3) is 0.111. The lowest BCUT2D eigenvalue weighted by Crippen LogP contribution is -2.40. The zero-order valence-corrected chi connectivity index (χ0v) is 29.3. The highest BCUT2D eigenvalue weighted by atomic mass is 127. The molecule has 5 aromatic rings. The Balaban J connectivity index is 1.38. The van der Waals surface area contributed by atoms with Crippen LogP contribution in [0.1, 0.15) is 40.0 Å². The molecule has 0 saturated heterocycles. The number of thiazole rings is 1. The van der Waals surface area contributed by atoms with Crippen molar-refractivity contribution in [3.05, 3.63) is 153 Å². The maximum atomic E-state index is 14.1. The average Bonchev–Trinajstić information content (AvgIpc) is 3.37. The Hall–Kier alpha value is -4.72. The van der Waals surface area contributed by atoms with Crippen LogP contribution in [0.3, 0.4) is 0 Å². The molecule has 0 radical (unpaired) electrons. The summed E-state index contributed by atoms with van der Waals surface area (Å²) in [4.78, 5) is 44.4. The first kappa shape index (κ1) is 33.2. The third-order valence-corrected chi connectivity index (χ3v) is 9.63. The van der Waals surface area contributed by atoms with Crippen molar-refractivity contribution < 1.29 is 24.2 Å². The van der Waals surface area contributed by atoms with Crippen LogP contribution in [0.5, 0.6) is 11.5 Å². The molecular formula is C36H27ClIN3O6S. The number of halogens is 2. The normalized spacial score (nSPS) is 14.2. The Morgan fingerprint density at radius 3 is 2.52 bits per heavy atom. The monoisotopic (exact) mass is 791 g/mol. The second-order valence-electron chi connectivity index (χ2n) is 10.8. The Labute approximate surface area is 297 Å². The van der Waals surface area contributed by atoms with E-state index in [9.17, 15) is 19.5 Å². The highest BCUT2D eigenvalue weighted by Gasteiger charge is 2.32. The minimum absolute atomic E-state index is 0.135. The third-order valence-electron chi connectivity index (χ3n) is 7.59. The maximum Gasteiger partial charge on any atom is 0.335 e. The molecule has 1 aromatic heterocycles. The lowest BCUT2D eigenvalue weighted by atomic mass is 9.95. The second kappa shape index (κ2) is 14.2. The number of ether oxygens (including phenoxy) is 2. The van der Waals surface area contributed by atoms with Crippen molar-refractivity contribution in [1.82, 2.24) is 4.57 Å². The van der Waals surface area contributed by atoms with E-state index in [1.807, 2.05) is 36.4 Å². The molecular weight excluding hydrogens is 765 g/mol. The topological polar surface area (TPSA) is 119 Å². The minimum Gasteiger partial charge on any atom is -0.493 e. The van der Waals surface area contributed by atoms with Gasteiger partial charge in [0.1, 0.15) is 6.61 Å². The molecule has 6 rings (SSSR count). The number of allylic oxidation sites excluding steroid dienone is 1. The van der Waals surface area contributed by atoms with E-state index in [2.05, 4.69) is 27.9 Å². The fourth-order valence-electron chi connectivity index (χ4n) is 5.36. The van der Waals surface area contributed by atoms with Gasteiger partial charge in [-0.1, -0.05) is 65.4 Å². The molecule has 9 nitrogen and oxygen atoms in total. The van der Waals surface area contributed by atoms with Crippen LogP contribution in [0.2, 0.25) is 5.02 Å². The Morgan fingerprint density at radius 2 is 1.81 bits per heavy atom. The summed E-state index contributed by atoms with van der Waals surface area (Å²) in [5, 5.41) is 12.8. The standard InChI is InChI=1S/C36H27ClIN3O6S/c1-20-30(33(42)40-26-9-4-3-5-10-26)31(23-11-13-25(37)14-12-23)41-34(43)29(48-36(41)39-20)18-22-16-27(38)32(28(17-22)46-2)47-19-21-7-6-8-24(15-21)35(44)45/h3-18,31H,19H2,1-2H3,(H,40,42)(H,44,45)/b29-18-/t31-/m0/s1. The average molecular weight is 792 g/mol. The van der Waals surface area contributed by atoms with Gasteiger partial charge in [-0.15, -0.1) is 0 Å². The SMILES string of the molecule is COc1cc(/C=c2\sc3n(c2=O)[C@@H](c2ccc(Cl)cc2)C(C(=O)Nc2ccccc2)=C(C)N=3)cc(I)c1OCc1cccc(C(=O)O)c1. The van der Waals surface area contributed by atoms with Gasteiger partial charge < -0.3 is 19.9 Å². The van der Waals surface area contributed by atoms with Crippen LogP contribution in [0, 0.1) is 3.57 Å². The number of carbonyl (C=O) groups excluding carboxylic acids is 1. The first-order chi connectivity index (χ1) is 23.1. The van der Waals surface area contributed by atoms with Crippen molar-refractivity contribution in [2.75, 3.05) is 12.4 Å². The number of benzene rings is 4.